The van der Waals surface area contributed by atoms with Gasteiger partial charge in [-0.05, 0) is 181 Å². The summed E-state index contributed by atoms with van der Waals surface area (Å²) in [6.45, 7) is 6.99. The summed E-state index contributed by atoms with van der Waals surface area (Å²) in [6.07, 6.45) is 8.12. The second-order valence-corrected chi connectivity index (χ2v) is 17.7. The lowest BCUT2D eigenvalue weighted by atomic mass is 9.77. The standard InChI is InChI=1S/C61H55N/c1-4-61(3,5-2)52-32-26-45(27-33-52)50-30-36-55-57(40-50)59(47-17-8-6-9-18-47)56-37-31-51(41-58(56)60(55)48-19-10-7-11-20-48)46-28-34-53(35-29-46)62-54-21-13-16-42(39-54)14-12-15-43-22-23-44-24-25-49(44)38-43/h6-11,13,16-23,26-41,62H,4-5,12,14-15,24-25H2,1-3H3. The largest absolute Gasteiger partial charge is 0.356 e. The maximum atomic E-state index is 3.69. The van der Waals surface area contributed by atoms with E-state index in [0.717, 1.165) is 43.5 Å². The second-order valence-electron chi connectivity index (χ2n) is 17.7. The fourth-order valence-electron chi connectivity index (χ4n) is 9.76. The summed E-state index contributed by atoms with van der Waals surface area (Å²) in [5.74, 6) is 0. The molecule has 0 radical (unpaired) electrons. The maximum absolute atomic E-state index is 3.69. The van der Waals surface area contributed by atoms with Gasteiger partial charge in [0.25, 0.3) is 0 Å². The molecular weight excluding hydrogens is 747 g/mol. The highest BCUT2D eigenvalue weighted by Crippen LogP contribution is 2.46. The van der Waals surface area contributed by atoms with Crippen molar-refractivity contribution in [2.75, 3.05) is 5.32 Å². The van der Waals surface area contributed by atoms with Gasteiger partial charge in [-0.15, -0.1) is 0 Å². The molecule has 62 heavy (non-hydrogen) atoms. The first-order valence-corrected chi connectivity index (χ1v) is 22.8. The third-order valence-corrected chi connectivity index (χ3v) is 14.0. The zero-order valence-corrected chi connectivity index (χ0v) is 36.3. The molecule has 0 saturated heterocycles. The minimum absolute atomic E-state index is 0.194. The van der Waals surface area contributed by atoms with Crippen LogP contribution in [-0.4, -0.2) is 0 Å². The van der Waals surface area contributed by atoms with Crippen molar-refractivity contribution in [1.29, 1.82) is 0 Å². The van der Waals surface area contributed by atoms with Gasteiger partial charge in [-0.1, -0.05) is 172 Å². The molecule has 0 atom stereocenters. The van der Waals surface area contributed by atoms with Crippen molar-refractivity contribution in [3.05, 3.63) is 216 Å². The van der Waals surface area contributed by atoms with Crippen LogP contribution in [0.25, 0.3) is 66.1 Å². The number of nitrogens with one attached hydrogen (secondary N) is 1. The van der Waals surface area contributed by atoms with Crippen LogP contribution >= 0.6 is 0 Å². The van der Waals surface area contributed by atoms with Gasteiger partial charge >= 0.3 is 0 Å². The van der Waals surface area contributed by atoms with Crippen molar-refractivity contribution in [1.82, 2.24) is 0 Å². The fourth-order valence-corrected chi connectivity index (χ4v) is 9.76. The summed E-state index contributed by atoms with van der Waals surface area (Å²) in [5, 5.41) is 8.74. The molecule has 0 fully saturated rings. The fraction of sp³-hybridized carbons (Fsp3) is 0.180. The minimum atomic E-state index is 0.194. The van der Waals surface area contributed by atoms with Crippen molar-refractivity contribution in [2.24, 2.45) is 0 Å². The Bertz CT molecular complexity index is 3010. The summed E-state index contributed by atoms with van der Waals surface area (Å²) in [4.78, 5) is 0. The lowest BCUT2D eigenvalue weighted by molar-refractivity contribution is 0.439. The zero-order valence-electron chi connectivity index (χ0n) is 36.3. The van der Waals surface area contributed by atoms with E-state index in [0.29, 0.717) is 0 Å². The molecule has 9 aromatic rings. The Morgan fingerprint density at radius 3 is 1.47 bits per heavy atom. The molecule has 1 aliphatic carbocycles. The molecule has 0 spiro atoms. The van der Waals surface area contributed by atoms with Crippen LogP contribution in [0.15, 0.2) is 188 Å². The van der Waals surface area contributed by atoms with Gasteiger partial charge in [0.1, 0.15) is 0 Å². The molecule has 10 rings (SSSR count). The van der Waals surface area contributed by atoms with Crippen LogP contribution in [0.5, 0.6) is 0 Å². The lowest BCUT2D eigenvalue weighted by Gasteiger charge is -2.27. The Morgan fingerprint density at radius 1 is 0.403 bits per heavy atom. The highest BCUT2D eigenvalue weighted by atomic mass is 14.9. The van der Waals surface area contributed by atoms with E-state index in [-0.39, 0.29) is 5.41 Å². The quantitative estimate of drug-likeness (QED) is 0.115. The van der Waals surface area contributed by atoms with Gasteiger partial charge in [0.2, 0.25) is 0 Å². The Morgan fingerprint density at radius 2 is 0.935 bits per heavy atom. The maximum Gasteiger partial charge on any atom is 0.0386 e. The van der Waals surface area contributed by atoms with Gasteiger partial charge in [-0.25, -0.2) is 0 Å². The van der Waals surface area contributed by atoms with E-state index in [1.165, 1.54) is 95.6 Å². The molecular formula is C61H55N. The van der Waals surface area contributed by atoms with Crippen LogP contribution in [-0.2, 0) is 31.1 Å². The Balaban J connectivity index is 0.987. The topological polar surface area (TPSA) is 12.0 Å². The summed E-state index contributed by atoms with van der Waals surface area (Å²) in [7, 11) is 0. The normalized spacial score (nSPS) is 12.3. The van der Waals surface area contributed by atoms with E-state index in [9.17, 15) is 0 Å². The van der Waals surface area contributed by atoms with Gasteiger partial charge in [0.15, 0.2) is 0 Å². The summed E-state index contributed by atoms with van der Waals surface area (Å²) in [5.41, 5.74) is 19.7. The van der Waals surface area contributed by atoms with Crippen LogP contribution in [0.1, 0.15) is 67.9 Å². The number of fused-ring (bicyclic) bond motifs is 3. The monoisotopic (exact) mass is 801 g/mol. The molecule has 0 unspecified atom stereocenters. The average molecular weight is 802 g/mol. The van der Waals surface area contributed by atoms with Crippen LogP contribution < -0.4 is 5.32 Å². The number of anilines is 2. The molecule has 1 N–H and O–H groups in total. The molecule has 1 nitrogen and oxygen atoms in total. The van der Waals surface area contributed by atoms with Crippen molar-refractivity contribution in [3.63, 3.8) is 0 Å². The summed E-state index contributed by atoms with van der Waals surface area (Å²) in [6, 6.07) is 70.4. The Kier molecular flexibility index (Phi) is 10.8. The molecule has 0 aromatic heterocycles. The third-order valence-electron chi connectivity index (χ3n) is 14.0. The van der Waals surface area contributed by atoms with Gasteiger partial charge in [-0.2, -0.15) is 0 Å². The highest BCUT2D eigenvalue weighted by Gasteiger charge is 2.23. The predicted octanol–water partition coefficient (Wildman–Crippen LogP) is 16.8. The van der Waals surface area contributed by atoms with E-state index in [2.05, 4.69) is 214 Å². The predicted molar refractivity (Wildman–Crippen MR) is 267 cm³/mol. The SMILES string of the molecule is CCC(C)(CC)c1ccc(-c2ccc3c(-c4ccccc4)c4cc(-c5ccc(Nc6cccc(CCCc7ccc8c(c7)CC8)c6)cc5)ccc4c(-c4ccccc4)c3c2)cc1. The second kappa shape index (κ2) is 17.0. The van der Waals surface area contributed by atoms with Gasteiger partial charge < -0.3 is 5.32 Å². The molecule has 0 saturated carbocycles. The van der Waals surface area contributed by atoms with E-state index >= 15 is 0 Å². The highest BCUT2D eigenvalue weighted by molar-refractivity contribution is 6.22. The number of aryl methyl sites for hydroxylation is 4. The van der Waals surface area contributed by atoms with Crippen molar-refractivity contribution < 1.29 is 0 Å². The molecule has 9 aromatic carbocycles. The number of hydrogen-bond acceptors (Lipinski definition) is 1. The van der Waals surface area contributed by atoms with Crippen molar-refractivity contribution in [3.8, 4) is 44.5 Å². The molecule has 1 aliphatic rings. The number of rotatable bonds is 13. The zero-order chi connectivity index (χ0) is 42.0. The molecule has 0 amide bonds. The first kappa shape index (κ1) is 39.4. The molecule has 0 heterocycles. The van der Waals surface area contributed by atoms with E-state index in [1.807, 2.05) is 0 Å². The van der Waals surface area contributed by atoms with Gasteiger partial charge in [0, 0.05) is 11.4 Å². The van der Waals surface area contributed by atoms with Gasteiger partial charge in [-0.3, -0.25) is 0 Å². The number of benzene rings is 9. The Hall–Kier alpha value is -6.70. The third kappa shape index (κ3) is 7.73. The van der Waals surface area contributed by atoms with E-state index in [1.54, 1.807) is 11.1 Å². The number of hydrogen-bond donors (Lipinski definition) is 1. The van der Waals surface area contributed by atoms with Crippen LogP contribution in [0.3, 0.4) is 0 Å². The molecule has 0 bridgehead atoms. The van der Waals surface area contributed by atoms with Crippen molar-refractivity contribution >= 4 is 32.9 Å². The molecule has 1 heteroatoms. The van der Waals surface area contributed by atoms with Crippen LogP contribution in [0.4, 0.5) is 11.4 Å². The summed E-state index contributed by atoms with van der Waals surface area (Å²) >= 11 is 0. The summed E-state index contributed by atoms with van der Waals surface area (Å²) < 4.78 is 0. The molecule has 304 valence electrons. The first-order valence-electron chi connectivity index (χ1n) is 22.8. The Labute approximate surface area is 368 Å². The van der Waals surface area contributed by atoms with Crippen LogP contribution in [0.2, 0.25) is 0 Å². The average Bonchev–Trinajstić information content (AvgIpc) is 3.32. The van der Waals surface area contributed by atoms with E-state index < -0.39 is 0 Å². The van der Waals surface area contributed by atoms with Crippen molar-refractivity contribution in [2.45, 2.75) is 71.1 Å². The lowest BCUT2D eigenvalue weighted by Crippen LogP contribution is -2.19. The van der Waals surface area contributed by atoms with Gasteiger partial charge in [0.05, 0.1) is 0 Å². The molecule has 0 aliphatic heterocycles. The smallest absolute Gasteiger partial charge is 0.0386 e. The first-order chi connectivity index (χ1) is 30.5. The minimum Gasteiger partial charge on any atom is -0.356 e. The van der Waals surface area contributed by atoms with E-state index in [4.69, 9.17) is 0 Å². The van der Waals surface area contributed by atoms with Crippen LogP contribution in [0, 0.1) is 0 Å².